The van der Waals surface area contributed by atoms with Crippen LogP contribution in [0.2, 0.25) is 0 Å². The summed E-state index contributed by atoms with van der Waals surface area (Å²) in [6.45, 7) is 5.99. The summed E-state index contributed by atoms with van der Waals surface area (Å²) in [5.41, 5.74) is 5.26. The molecule has 6 nitrogen and oxygen atoms in total. The quantitative estimate of drug-likeness (QED) is 0.241. The van der Waals surface area contributed by atoms with Gasteiger partial charge in [-0.1, -0.05) is 46.9 Å². The van der Waals surface area contributed by atoms with E-state index in [4.69, 9.17) is 17.2 Å². The van der Waals surface area contributed by atoms with Crippen LogP contribution in [-0.4, -0.2) is 25.8 Å². The third-order valence-electron chi connectivity index (χ3n) is 4.90. The second kappa shape index (κ2) is 9.01. The van der Waals surface area contributed by atoms with Gasteiger partial charge in [0.2, 0.25) is 5.91 Å². The van der Waals surface area contributed by atoms with Gasteiger partial charge in [0.05, 0.1) is 5.75 Å². The molecule has 0 fully saturated rings. The zero-order valence-electron chi connectivity index (χ0n) is 18.1. The highest BCUT2D eigenvalue weighted by Gasteiger charge is 2.17. The first kappa shape index (κ1) is 22.4. The van der Waals surface area contributed by atoms with Crippen LogP contribution < -0.4 is 10.9 Å². The van der Waals surface area contributed by atoms with Gasteiger partial charge in [-0.05, 0) is 68.4 Å². The van der Waals surface area contributed by atoms with Crippen molar-refractivity contribution < 1.29 is 4.79 Å². The van der Waals surface area contributed by atoms with Gasteiger partial charge in [-0.15, -0.1) is 0 Å². The lowest BCUT2D eigenvalue weighted by Crippen LogP contribution is -2.21. The lowest BCUT2D eigenvalue weighted by Gasteiger charge is -2.10. The molecule has 1 amide bonds. The van der Waals surface area contributed by atoms with Crippen LogP contribution in [0.25, 0.3) is 16.0 Å². The predicted octanol–water partition coefficient (Wildman–Crippen LogP) is 5.17. The number of carbonyl (C=O) groups excluding carboxylic acids is 1. The maximum Gasteiger partial charge on any atom is 0.273 e. The number of thioether (sulfide) groups is 1. The molecule has 9 heteroatoms. The summed E-state index contributed by atoms with van der Waals surface area (Å²) in [5, 5.41) is 3.38. The zero-order valence-corrected chi connectivity index (χ0v) is 20.6. The normalized spacial score (nSPS) is 11.1. The van der Waals surface area contributed by atoms with Gasteiger partial charge < -0.3 is 5.32 Å². The van der Waals surface area contributed by atoms with Crippen LogP contribution in [-0.2, 0) is 11.8 Å². The van der Waals surface area contributed by atoms with Crippen molar-refractivity contribution in [3.63, 3.8) is 0 Å². The first-order chi connectivity index (χ1) is 15.2. The molecule has 4 rings (SSSR count). The molecule has 0 aliphatic carbocycles. The van der Waals surface area contributed by atoms with Crippen LogP contribution in [0, 0.1) is 24.7 Å². The Morgan fingerprint density at radius 2 is 1.75 bits per heavy atom. The average molecular weight is 483 g/mol. The zero-order chi connectivity index (χ0) is 23.0. The fraction of sp³-hybridized carbons (Fsp3) is 0.217. The second-order valence-electron chi connectivity index (χ2n) is 7.66. The number of thiazole rings is 1. The molecule has 2 aromatic carbocycles. The van der Waals surface area contributed by atoms with E-state index in [1.54, 1.807) is 7.05 Å². The van der Waals surface area contributed by atoms with E-state index in [1.165, 1.54) is 27.7 Å². The number of aryl methyl sites for hydroxylation is 3. The van der Waals surface area contributed by atoms with Gasteiger partial charge in [0.15, 0.2) is 14.8 Å². The molecule has 0 saturated carbocycles. The van der Waals surface area contributed by atoms with E-state index >= 15 is 0 Å². The van der Waals surface area contributed by atoms with Gasteiger partial charge in [0.1, 0.15) is 4.70 Å². The fourth-order valence-electron chi connectivity index (χ4n) is 3.44. The second-order valence-corrected chi connectivity index (χ2v) is 10.3. The highest BCUT2D eigenvalue weighted by atomic mass is 32.2. The Hall–Kier alpha value is -2.75. The Balaban J connectivity index is 1.64. The van der Waals surface area contributed by atoms with Crippen LogP contribution in [0.15, 0.2) is 52.4 Å². The molecule has 0 radical (unpaired) electrons. The van der Waals surface area contributed by atoms with E-state index < -0.39 is 0 Å². The molecule has 1 N–H and O–H groups in total. The van der Waals surface area contributed by atoms with Crippen LogP contribution in [0.1, 0.15) is 16.7 Å². The third kappa shape index (κ3) is 4.55. The fourth-order valence-corrected chi connectivity index (χ4v) is 5.55. The van der Waals surface area contributed by atoms with Gasteiger partial charge in [-0.2, -0.15) is 0 Å². The van der Waals surface area contributed by atoms with E-state index in [9.17, 15) is 9.59 Å². The standard InChI is InChI=1S/C23H22N4O2S3/c1-13-5-7-17(8-6-13)27-20-19(32-23(27)30)21(29)26(4)22(25-20)31-12-18(28)24-16-10-14(2)9-15(3)11-16/h5-11H,12H2,1-4H3,(H,24,28). The van der Waals surface area contributed by atoms with Crippen molar-refractivity contribution in [1.82, 2.24) is 14.1 Å². The van der Waals surface area contributed by atoms with E-state index in [0.717, 1.165) is 28.1 Å². The number of hydrogen-bond acceptors (Lipinski definition) is 6. The minimum atomic E-state index is -0.172. The molecule has 2 heterocycles. The summed E-state index contributed by atoms with van der Waals surface area (Å²) in [7, 11) is 1.66. The third-order valence-corrected chi connectivity index (χ3v) is 7.29. The SMILES string of the molecule is Cc1ccc(-n2c(=S)sc3c(=O)n(C)c(SCC(=O)Nc4cc(C)cc(C)c4)nc32)cc1. The van der Waals surface area contributed by atoms with Gasteiger partial charge in [-0.3, -0.25) is 18.7 Å². The van der Waals surface area contributed by atoms with Gasteiger partial charge >= 0.3 is 0 Å². The summed E-state index contributed by atoms with van der Waals surface area (Å²) in [6, 6.07) is 13.8. The van der Waals surface area contributed by atoms with Crippen molar-refractivity contribution in [3.8, 4) is 5.69 Å². The number of rotatable bonds is 5. The molecule has 164 valence electrons. The molecule has 0 aliphatic heterocycles. The molecule has 0 saturated heterocycles. The Labute approximate surface area is 198 Å². The van der Waals surface area contributed by atoms with Crippen molar-refractivity contribution in [2.45, 2.75) is 25.9 Å². The predicted molar refractivity (Wildman–Crippen MR) is 135 cm³/mol. The van der Waals surface area contributed by atoms with E-state index in [2.05, 4.69) is 11.4 Å². The molecule has 0 bridgehead atoms. The van der Waals surface area contributed by atoms with Crippen LogP contribution in [0.5, 0.6) is 0 Å². The summed E-state index contributed by atoms with van der Waals surface area (Å²) < 4.78 is 4.35. The Kier molecular flexibility index (Phi) is 6.32. The number of nitrogens with one attached hydrogen (secondary N) is 1. The molecule has 0 unspecified atom stereocenters. The van der Waals surface area contributed by atoms with Crippen molar-refractivity contribution in [2.24, 2.45) is 7.05 Å². The highest BCUT2D eigenvalue weighted by Crippen LogP contribution is 2.26. The summed E-state index contributed by atoms with van der Waals surface area (Å²) in [5.74, 6) is -0.0243. The average Bonchev–Trinajstić information content (AvgIpc) is 3.05. The largest absolute Gasteiger partial charge is 0.325 e. The molecule has 0 spiro atoms. The topological polar surface area (TPSA) is 68.9 Å². The van der Waals surface area contributed by atoms with E-state index in [-0.39, 0.29) is 17.2 Å². The summed E-state index contributed by atoms with van der Waals surface area (Å²) in [4.78, 5) is 30.2. The van der Waals surface area contributed by atoms with Crippen molar-refractivity contribution in [2.75, 3.05) is 11.1 Å². The number of aromatic nitrogens is 3. The smallest absolute Gasteiger partial charge is 0.273 e. The number of fused-ring (bicyclic) bond motifs is 1. The number of amides is 1. The molecule has 4 aromatic rings. The van der Waals surface area contributed by atoms with Crippen molar-refractivity contribution >= 4 is 57.3 Å². The number of anilines is 1. The molecule has 2 aromatic heterocycles. The molecular formula is C23H22N4O2S3. The van der Waals surface area contributed by atoms with Crippen LogP contribution >= 0.6 is 35.3 Å². The highest BCUT2D eigenvalue weighted by molar-refractivity contribution is 7.99. The molecule has 0 atom stereocenters. The number of hydrogen-bond donors (Lipinski definition) is 1. The van der Waals surface area contributed by atoms with Crippen LogP contribution in [0.3, 0.4) is 0 Å². The first-order valence-electron chi connectivity index (χ1n) is 9.93. The molecular weight excluding hydrogens is 460 g/mol. The minimum absolute atomic E-state index is 0.133. The molecule has 0 aliphatic rings. The lowest BCUT2D eigenvalue weighted by molar-refractivity contribution is -0.113. The van der Waals surface area contributed by atoms with E-state index in [0.29, 0.717) is 19.5 Å². The van der Waals surface area contributed by atoms with Gasteiger partial charge in [0.25, 0.3) is 5.56 Å². The summed E-state index contributed by atoms with van der Waals surface area (Å²) >= 11 is 8.01. The van der Waals surface area contributed by atoms with Gasteiger partial charge in [-0.25, -0.2) is 4.98 Å². The Morgan fingerprint density at radius 1 is 1.09 bits per heavy atom. The number of carbonyl (C=O) groups is 1. The number of benzene rings is 2. The maximum absolute atomic E-state index is 13.0. The monoisotopic (exact) mass is 482 g/mol. The minimum Gasteiger partial charge on any atom is -0.325 e. The Bertz CT molecular complexity index is 1430. The molecule has 32 heavy (non-hydrogen) atoms. The summed E-state index contributed by atoms with van der Waals surface area (Å²) in [6.07, 6.45) is 0. The lowest BCUT2D eigenvalue weighted by atomic mass is 10.1. The maximum atomic E-state index is 13.0. The van der Waals surface area contributed by atoms with Crippen molar-refractivity contribution in [1.29, 1.82) is 0 Å². The Morgan fingerprint density at radius 3 is 2.41 bits per heavy atom. The van der Waals surface area contributed by atoms with Crippen molar-refractivity contribution in [3.05, 3.63) is 73.5 Å². The van der Waals surface area contributed by atoms with E-state index in [1.807, 2.05) is 61.7 Å². The van der Waals surface area contributed by atoms with Gasteiger partial charge in [0, 0.05) is 18.4 Å². The first-order valence-corrected chi connectivity index (χ1v) is 12.1. The number of nitrogens with zero attached hydrogens (tertiary/aromatic N) is 3. The van der Waals surface area contributed by atoms with Crippen LogP contribution in [0.4, 0.5) is 5.69 Å².